The van der Waals surface area contributed by atoms with E-state index in [9.17, 15) is 9.59 Å². The zero-order chi connectivity index (χ0) is 15.4. The summed E-state index contributed by atoms with van der Waals surface area (Å²) < 4.78 is 0. The smallest absolute Gasteiger partial charge is 0.305 e. The van der Waals surface area contributed by atoms with Gasteiger partial charge in [0, 0.05) is 23.5 Å². The number of hydrogen-bond acceptors (Lipinski definition) is 3. The number of carboxylic acids is 1. The second-order valence-electron chi connectivity index (χ2n) is 4.56. The second-order valence-corrected chi connectivity index (χ2v) is 5.00. The van der Waals surface area contributed by atoms with Crippen molar-refractivity contribution in [1.29, 1.82) is 0 Å². The SMILES string of the molecule is CCN(CCC(=O)O)C(=O)c1ccc2ccc(Cl)cc2n1. The van der Waals surface area contributed by atoms with Crippen molar-refractivity contribution in [3.63, 3.8) is 0 Å². The largest absolute Gasteiger partial charge is 0.481 e. The average Bonchev–Trinajstić information content (AvgIpc) is 2.46. The molecule has 1 heterocycles. The van der Waals surface area contributed by atoms with Gasteiger partial charge in [0.2, 0.25) is 0 Å². The molecule has 0 saturated carbocycles. The molecule has 0 spiro atoms. The number of halogens is 1. The summed E-state index contributed by atoms with van der Waals surface area (Å²) in [6.07, 6.45) is -0.0843. The second kappa shape index (κ2) is 6.54. The first-order valence-electron chi connectivity index (χ1n) is 6.58. The van der Waals surface area contributed by atoms with Gasteiger partial charge in [0.15, 0.2) is 0 Å². The number of aromatic nitrogens is 1. The predicted molar refractivity (Wildman–Crippen MR) is 80.6 cm³/mol. The molecule has 0 fully saturated rings. The van der Waals surface area contributed by atoms with Crippen LogP contribution < -0.4 is 0 Å². The average molecular weight is 307 g/mol. The number of fused-ring (bicyclic) bond motifs is 1. The van der Waals surface area contributed by atoms with Crippen molar-refractivity contribution in [2.45, 2.75) is 13.3 Å². The Kier molecular flexibility index (Phi) is 4.75. The standard InChI is InChI=1S/C15H15ClN2O3/c1-2-18(8-7-14(19)20)15(21)12-6-4-10-3-5-11(16)9-13(10)17-12/h3-6,9H,2,7-8H2,1H3,(H,19,20). The fourth-order valence-electron chi connectivity index (χ4n) is 2.01. The first kappa shape index (κ1) is 15.3. The number of carbonyl (C=O) groups excluding carboxylic acids is 1. The van der Waals surface area contributed by atoms with Gasteiger partial charge in [-0.05, 0) is 25.1 Å². The number of nitrogens with zero attached hydrogens (tertiary/aromatic N) is 2. The summed E-state index contributed by atoms with van der Waals surface area (Å²) in [5, 5.41) is 10.2. The van der Waals surface area contributed by atoms with E-state index in [4.69, 9.17) is 16.7 Å². The van der Waals surface area contributed by atoms with E-state index in [0.717, 1.165) is 5.39 Å². The minimum atomic E-state index is -0.931. The highest BCUT2D eigenvalue weighted by Crippen LogP contribution is 2.18. The van der Waals surface area contributed by atoms with E-state index in [1.807, 2.05) is 6.07 Å². The molecule has 0 aliphatic heterocycles. The summed E-state index contributed by atoms with van der Waals surface area (Å²) >= 11 is 5.92. The minimum absolute atomic E-state index is 0.0843. The molecule has 1 amide bonds. The van der Waals surface area contributed by atoms with Crippen LogP contribution in [0.2, 0.25) is 5.02 Å². The third-order valence-corrected chi connectivity index (χ3v) is 3.37. The van der Waals surface area contributed by atoms with Gasteiger partial charge in [-0.25, -0.2) is 4.98 Å². The van der Waals surface area contributed by atoms with Crippen LogP contribution in [0.4, 0.5) is 0 Å². The molecule has 1 aromatic carbocycles. The lowest BCUT2D eigenvalue weighted by molar-refractivity contribution is -0.137. The van der Waals surface area contributed by atoms with Gasteiger partial charge in [-0.15, -0.1) is 0 Å². The molecule has 0 atom stereocenters. The molecule has 0 saturated heterocycles. The van der Waals surface area contributed by atoms with Gasteiger partial charge in [-0.3, -0.25) is 9.59 Å². The molecule has 0 aliphatic rings. The Morgan fingerprint density at radius 3 is 2.67 bits per heavy atom. The fraction of sp³-hybridized carbons (Fsp3) is 0.267. The van der Waals surface area contributed by atoms with Gasteiger partial charge in [0.1, 0.15) is 5.69 Å². The van der Waals surface area contributed by atoms with Crippen LogP contribution in [-0.4, -0.2) is 40.0 Å². The van der Waals surface area contributed by atoms with E-state index in [-0.39, 0.29) is 24.6 Å². The minimum Gasteiger partial charge on any atom is -0.481 e. The zero-order valence-corrected chi connectivity index (χ0v) is 12.3. The third kappa shape index (κ3) is 3.70. The summed E-state index contributed by atoms with van der Waals surface area (Å²) in [5.74, 6) is -1.21. The van der Waals surface area contributed by atoms with Crippen molar-refractivity contribution >= 4 is 34.4 Å². The Morgan fingerprint density at radius 1 is 1.29 bits per heavy atom. The summed E-state index contributed by atoms with van der Waals surface area (Å²) in [6, 6.07) is 8.74. The van der Waals surface area contributed by atoms with E-state index in [1.54, 1.807) is 31.2 Å². The van der Waals surface area contributed by atoms with Gasteiger partial charge in [-0.2, -0.15) is 0 Å². The normalized spacial score (nSPS) is 10.6. The van der Waals surface area contributed by atoms with E-state index in [2.05, 4.69) is 4.98 Å². The lowest BCUT2D eigenvalue weighted by atomic mass is 10.2. The number of amides is 1. The van der Waals surface area contributed by atoms with Crippen molar-refractivity contribution in [2.75, 3.05) is 13.1 Å². The topological polar surface area (TPSA) is 70.5 Å². The van der Waals surface area contributed by atoms with Gasteiger partial charge >= 0.3 is 5.97 Å². The lowest BCUT2D eigenvalue weighted by Crippen LogP contribution is -2.33. The molecule has 110 valence electrons. The number of aliphatic carboxylic acids is 1. The van der Waals surface area contributed by atoms with Crippen LogP contribution in [0, 0.1) is 0 Å². The number of carbonyl (C=O) groups is 2. The lowest BCUT2D eigenvalue weighted by Gasteiger charge is -2.19. The molecule has 0 aliphatic carbocycles. The highest BCUT2D eigenvalue weighted by Gasteiger charge is 2.16. The Labute approximate surface area is 127 Å². The first-order chi connectivity index (χ1) is 10.0. The molecule has 1 N–H and O–H groups in total. The summed E-state index contributed by atoms with van der Waals surface area (Å²) in [4.78, 5) is 28.8. The molecule has 0 radical (unpaired) electrons. The van der Waals surface area contributed by atoms with Crippen molar-refractivity contribution in [3.05, 3.63) is 41.0 Å². The van der Waals surface area contributed by atoms with Crippen LogP contribution in [0.1, 0.15) is 23.8 Å². The number of hydrogen-bond donors (Lipinski definition) is 1. The number of pyridine rings is 1. The van der Waals surface area contributed by atoms with E-state index in [0.29, 0.717) is 17.1 Å². The highest BCUT2D eigenvalue weighted by atomic mass is 35.5. The first-order valence-corrected chi connectivity index (χ1v) is 6.96. The highest BCUT2D eigenvalue weighted by molar-refractivity contribution is 6.31. The van der Waals surface area contributed by atoms with E-state index >= 15 is 0 Å². The monoisotopic (exact) mass is 306 g/mol. The number of rotatable bonds is 5. The molecule has 2 rings (SSSR count). The van der Waals surface area contributed by atoms with Crippen molar-refractivity contribution in [3.8, 4) is 0 Å². The quantitative estimate of drug-likeness (QED) is 0.922. The third-order valence-electron chi connectivity index (χ3n) is 3.14. The maximum Gasteiger partial charge on any atom is 0.305 e. The molecular weight excluding hydrogens is 292 g/mol. The number of benzene rings is 1. The van der Waals surface area contributed by atoms with Crippen molar-refractivity contribution in [2.24, 2.45) is 0 Å². The van der Waals surface area contributed by atoms with Gasteiger partial charge in [-0.1, -0.05) is 23.7 Å². The molecule has 0 unspecified atom stereocenters. The summed E-state index contributed by atoms with van der Waals surface area (Å²) in [5.41, 5.74) is 0.930. The number of carboxylic acid groups (broad SMARTS) is 1. The summed E-state index contributed by atoms with van der Waals surface area (Å²) in [7, 11) is 0. The van der Waals surface area contributed by atoms with Gasteiger partial charge in [0.25, 0.3) is 5.91 Å². The van der Waals surface area contributed by atoms with Crippen LogP contribution in [0.5, 0.6) is 0 Å². The van der Waals surface area contributed by atoms with Crippen LogP contribution in [-0.2, 0) is 4.79 Å². The molecule has 6 heteroatoms. The van der Waals surface area contributed by atoms with Crippen LogP contribution in [0.15, 0.2) is 30.3 Å². The maximum atomic E-state index is 12.4. The Morgan fingerprint density at radius 2 is 2.00 bits per heavy atom. The van der Waals surface area contributed by atoms with Crippen molar-refractivity contribution < 1.29 is 14.7 Å². The Balaban J connectivity index is 2.26. The van der Waals surface area contributed by atoms with E-state index in [1.165, 1.54) is 4.90 Å². The van der Waals surface area contributed by atoms with E-state index < -0.39 is 5.97 Å². The van der Waals surface area contributed by atoms with Gasteiger partial charge < -0.3 is 10.0 Å². The summed E-state index contributed by atoms with van der Waals surface area (Å²) in [6.45, 7) is 2.40. The Hall–Kier alpha value is -2.14. The van der Waals surface area contributed by atoms with Crippen LogP contribution in [0.3, 0.4) is 0 Å². The van der Waals surface area contributed by atoms with Crippen LogP contribution >= 0.6 is 11.6 Å². The molecule has 21 heavy (non-hydrogen) atoms. The van der Waals surface area contributed by atoms with Crippen LogP contribution in [0.25, 0.3) is 10.9 Å². The van der Waals surface area contributed by atoms with Crippen molar-refractivity contribution in [1.82, 2.24) is 9.88 Å². The maximum absolute atomic E-state index is 12.4. The zero-order valence-electron chi connectivity index (χ0n) is 11.5. The molecule has 0 bridgehead atoms. The molecule has 1 aromatic heterocycles. The molecule has 2 aromatic rings. The predicted octanol–water partition coefficient (Wildman–Crippen LogP) is 2.83. The fourth-order valence-corrected chi connectivity index (χ4v) is 2.17. The molecular formula is C15H15ClN2O3. The Bertz CT molecular complexity index is 688. The van der Waals surface area contributed by atoms with Gasteiger partial charge in [0.05, 0.1) is 11.9 Å². The molecule has 5 nitrogen and oxygen atoms in total.